The molecule has 21 heavy (non-hydrogen) atoms. The lowest BCUT2D eigenvalue weighted by atomic mass is 9.95. The zero-order valence-electron chi connectivity index (χ0n) is 11.9. The van der Waals surface area contributed by atoms with Crippen LogP contribution in [0.15, 0.2) is 0 Å². The molecule has 7 nitrogen and oxygen atoms in total. The van der Waals surface area contributed by atoms with E-state index in [4.69, 9.17) is 0 Å². The second-order valence-corrected chi connectivity index (χ2v) is 5.67. The molecule has 1 saturated heterocycles. The molecular weight excluding hydrogens is 274 g/mol. The number of hydrogen-bond acceptors (Lipinski definition) is 4. The summed E-state index contributed by atoms with van der Waals surface area (Å²) in [6.45, 7) is 0.569. The van der Waals surface area contributed by atoms with Gasteiger partial charge in [0.2, 0.25) is 18.1 Å². The van der Waals surface area contributed by atoms with Gasteiger partial charge in [0.05, 0.1) is 6.04 Å². The van der Waals surface area contributed by atoms with Crippen molar-refractivity contribution in [2.75, 3.05) is 6.54 Å². The normalized spacial score (nSPS) is 23.4. The van der Waals surface area contributed by atoms with Crippen LogP contribution >= 0.6 is 0 Å². The Morgan fingerprint density at radius 2 is 2.00 bits per heavy atom. The lowest BCUT2D eigenvalue weighted by Gasteiger charge is -2.18. The number of nitrogens with one attached hydrogen (secondary N) is 3. The summed E-state index contributed by atoms with van der Waals surface area (Å²) >= 11 is 0. The van der Waals surface area contributed by atoms with Crippen LogP contribution in [0.1, 0.15) is 38.5 Å². The molecule has 1 aliphatic heterocycles. The topological polar surface area (TPSA) is 104 Å². The van der Waals surface area contributed by atoms with Crippen molar-refractivity contribution in [2.24, 2.45) is 5.92 Å². The van der Waals surface area contributed by atoms with Crippen LogP contribution in [0.25, 0.3) is 0 Å². The monoisotopic (exact) mass is 295 g/mol. The Labute approximate surface area is 123 Å². The summed E-state index contributed by atoms with van der Waals surface area (Å²) in [5.41, 5.74) is 0. The van der Waals surface area contributed by atoms with Gasteiger partial charge in [0.15, 0.2) is 0 Å². The van der Waals surface area contributed by atoms with Gasteiger partial charge in [0.1, 0.15) is 0 Å². The van der Waals surface area contributed by atoms with Crippen molar-refractivity contribution in [3.05, 3.63) is 0 Å². The second kappa shape index (κ2) is 7.19. The molecular formula is C14H21N3O4. The molecule has 0 radical (unpaired) electrons. The lowest BCUT2D eigenvalue weighted by Crippen LogP contribution is -2.48. The van der Waals surface area contributed by atoms with Gasteiger partial charge in [-0.25, -0.2) is 0 Å². The molecule has 116 valence electrons. The highest BCUT2D eigenvalue weighted by Gasteiger charge is 2.33. The Kier molecular flexibility index (Phi) is 5.30. The summed E-state index contributed by atoms with van der Waals surface area (Å²) in [4.78, 5) is 46.3. The summed E-state index contributed by atoms with van der Waals surface area (Å²) < 4.78 is 0. The molecule has 0 aromatic rings. The van der Waals surface area contributed by atoms with Crippen LogP contribution in [0.2, 0.25) is 0 Å². The average molecular weight is 295 g/mol. The third-order valence-electron chi connectivity index (χ3n) is 4.18. The van der Waals surface area contributed by atoms with Crippen LogP contribution in [0.4, 0.5) is 0 Å². The highest BCUT2D eigenvalue weighted by molar-refractivity contribution is 6.38. The predicted molar refractivity (Wildman–Crippen MR) is 74.1 cm³/mol. The minimum absolute atomic E-state index is 0.0492. The van der Waals surface area contributed by atoms with Crippen molar-refractivity contribution >= 4 is 24.0 Å². The number of amides is 3. The summed E-state index contributed by atoms with van der Waals surface area (Å²) in [5, 5.41) is 7.75. The van der Waals surface area contributed by atoms with E-state index in [-0.39, 0.29) is 24.3 Å². The zero-order valence-corrected chi connectivity index (χ0v) is 11.9. The molecule has 0 spiro atoms. The fraction of sp³-hybridized carbons (Fsp3) is 0.714. The Morgan fingerprint density at radius 3 is 2.57 bits per heavy atom. The number of Topliss-reactive ketones (excluding diaryl/α,β-unsaturated/α-hetero) is 1. The van der Waals surface area contributed by atoms with E-state index in [1.165, 1.54) is 0 Å². The maximum Gasteiger partial charge on any atom is 0.289 e. The second-order valence-electron chi connectivity index (χ2n) is 5.67. The highest BCUT2D eigenvalue weighted by Crippen LogP contribution is 2.19. The van der Waals surface area contributed by atoms with Crippen molar-refractivity contribution in [1.82, 2.24) is 16.0 Å². The van der Waals surface area contributed by atoms with E-state index in [0.717, 1.165) is 25.7 Å². The molecule has 3 amide bonds. The molecule has 1 heterocycles. The van der Waals surface area contributed by atoms with Gasteiger partial charge in [-0.15, -0.1) is 0 Å². The first-order chi connectivity index (χ1) is 10.1. The van der Waals surface area contributed by atoms with Crippen molar-refractivity contribution in [3.63, 3.8) is 0 Å². The van der Waals surface area contributed by atoms with Gasteiger partial charge in [0, 0.05) is 18.5 Å². The van der Waals surface area contributed by atoms with E-state index >= 15 is 0 Å². The van der Waals surface area contributed by atoms with E-state index in [2.05, 4.69) is 16.0 Å². The summed E-state index contributed by atoms with van der Waals surface area (Å²) in [7, 11) is 0. The van der Waals surface area contributed by atoms with Crippen LogP contribution in [0.3, 0.4) is 0 Å². The van der Waals surface area contributed by atoms with E-state index < -0.39 is 17.7 Å². The summed E-state index contributed by atoms with van der Waals surface area (Å²) in [6, 6.07) is -0.883. The molecule has 0 bridgehead atoms. The van der Waals surface area contributed by atoms with E-state index in [1.54, 1.807) is 0 Å². The molecule has 0 aromatic heterocycles. The van der Waals surface area contributed by atoms with Crippen LogP contribution in [-0.4, -0.2) is 42.6 Å². The average Bonchev–Trinajstić information content (AvgIpc) is 3.10. The van der Waals surface area contributed by atoms with Gasteiger partial charge in [-0.1, -0.05) is 12.8 Å². The van der Waals surface area contributed by atoms with E-state index in [9.17, 15) is 19.2 Å². The molecule has 2 aliphatic rings. The molecule has 2 unspecified atom stereocenters. The first-order valence-corrected chi connectivity index (χ1v) is 7.44. The number of carbonyl (C=O) groups is 4. The molecule has 7 heteroatoms. The van der Waals surface area contributed by atoms with Crippen LogP contribution in [0, 0.1) is 5.92 Å². The SMILES string of the molecule is O=CNC(CC1CCNC1=O)C(=O)C(=O)NC1CCCC1. The van der Waals surface area contributed by atoms with E-state index in [1.807, 2.05) is 0 Å². The molecule has 2 fully saturated rings. The maximum atomic E-state index is 12.2. The van der Waals surface area contributed by atoms with Crippen molar-refractivity contribution in [2.45, 2.75) is 50.6 Å². The minimum atomic E-state index is -0.933. The molecule has 2 atom stereocenters. The number of rotatable bonds is 7. The predicted octanol–water partition coefficient (Wildman–Crippen LogP) is -0.745. The molecule has 1 aliphatic carbocycles. The van der Waals surface area contributed by atoms with Gasteiger partial charge in [-0.3, -0.25) is 19.2 Å². The first-order valence-electron chi connectivity index (χ1n) is 7.44. The van der Waals surface area contributed by atoms with Crippen LogP contribution in [-0.2, 0) is 19.2 Å². The van der Waals surface area contributed by atoms with Crippen LogP contribution < -0.4 is 16.0 Å². The Balaban J connectivity index is 1.92. The Morgan fingerprint density at radius 1 is 1.29 bits per heavy atom. The molecule has 3 N–H and O–H groups in total. The molecule has 2 rings (SSSR count). The number of hydrogen-bond donors (Lipinski definition) is 3. The smallest absolute Gasteiger partial charge is 0.289 e. The first kappa shape index (κ1) is 15.5. The van der Waals surface area contributed by atoms with Gasteiger partial charge in [0.25, 0.3) is 5.91 Å². The van der Waals surface area contributed by atoms with Gasteiger partial charge in [-0.2, -0.15) is 0 Å². The number of carbonyl (C=O) groups excluding carboxylic acids is 4. The zero-order chi connectivity index (χ0) is 15.2. The Bertz CT molecular complexity index is 432. The summed E-state index contributed by atoms with van der Waals surface area (Å²) in [5.74, 6) is -1.80. The third-order valence-corrected chi connectivity index (χ3v) is 4.18. The molecule has 1 saturated carbocycles. The van der Waals surface area contributed by atoms with Gasteiger partial charge in [-0.05, 0) is 25.7 Å². The van der Waals surface area contributed by atoms with Crippen molar-refractivity contribution in [3.8, 4) is 0 Å². The van der Waals surface area contributed by atoms with Crippen molar-refractivity contribution < 1.29 is 19.2 Å². The summed E-state index contributed by atoms with van der Waals surface area (Å²) in [6.07, 6.45) is 5.06. The minimum Gasteiger partial charge on any atom is -0.356 e. The highest BCUT2D eigenvalue weighted by atomic mass is 16.2. The third kappa shape index (κ3) is 4.03. The molecule has 0 aromatic carbocycles. The van der Waals surface area contributed by atoms with Crippen LogP contribution in [0.5, 0.6) is 0 Å². The largest absolute Gasteiger partial charge is 0.356 e. The quantitative estimate of drug-likeness (QED) is 0.425. The fourth-order valence-corrected chi connectivity index (χ4v) is 2.97. The lowest BCUT2D eigenvalue weighted by molar-refractivity contribution is -0.140. The van der Waals surface area contributed by atoms with Crippen molar-refractivity contribution in [1.29, 1.82) is 0 Å². The van der Waals surface area contributed by atoms with Gasteiger partial charge >= 0.3 is 0 Å². The Hall–Kier alpha value is -1.92. The maximum absolute atomic E-state index is 12.2. The van der Waals surface area contributed by atoms with E-state index in [0.29, 0.717) is 19.4 Å². The standard InChI is InChI=1S/C14H21N3O4/c18-8-16-11(7-9-5-6-15-13(9)20)12(19)14(21)17-10-3-1-2-4-10/h8-11H,1-7H2,(H,15,20)(H,16,18)(H,17,21). The van der Waals surface area contributed by atoms with Gasteiger partial charge < -0.3 is 16.0 Å². The number of ketones is 1. The fourth-order valence-electron chi connectivity index (χ4n) is 2.97.